The third-order valence-corrected chi connectivity index (χ3v) is 8.46. The largest absolute Gasteiger partial charge is 0.497 e. The van der Waals surface area contributed by atoms with E-state index in [-0.39, 0.29) is 23.8 Å². The van der Waals surface area contributed by atoms with Crippen molar-refractivity contribution in [1.82, 2.24) is 15.1 Å². The van der Waals surface area contributed by atoms with Crippen molar-refractivity contribution >= 4 is 23.7 Å². The first-order valence-corrected chi connectivity index (χ1v) is 13.2. The maximum absolute atomic E-state index is 14.0. The fourth-order valence-corrected chi connectivity index (χ4v) is 6.57. The van der Waals surface area contributed by atoms with Gasteiger partial charge in [0.2, 0.25) is 17.7 Å². The van der Waals surface area contributed by atoms with E-state index in [1.165, 1.54) is 37.0 Å². The van der Waals surface area contributed by atoms with Crippen molar-refractivity contribution in [2.75, 3.05) is 27.2 Å². The standard InChI is InChI=1S/C25H33N3O4.C2HF3O2/c1-27-22(29)19-20(23(27)30)25(26-21(19)17-9-11-18(32-2)12-10-17)13-6-14-28(24(25)31)15-16-7-4-3-5-8-16;3-2(4,5)1(6)7/h9-12,16,19-21,26H,3-8,13-15H2,1-2H3;(H,6,7)/t19-,20-,21-,25-;/m1./s1. The second-order valence-electron chi connectivity index (χ2n) is 10.8. The topological polar surface area (TPSA) is 116 Å². The van der Waals surface area contributed by atoms with Crippen LogP contribution in [0.15, 0.2) is 24.3 Å². The summed E-state index contributed by atoms with van der Waals surface area (Å²) in [6.45, 7) is 1.51. The molecule has 4 atom stereocenters. The molecule has 3 saturated heterocycles. The highest BCUT2D eigenvalue weighted by atomic mass is 19.4. The molecular weight excluding hydrogens is 519 g/mol. The zero-order valence-electron chi connectivity index (χ0n) is 22.0. The summed E-state index contributed by atoms with van der Waals surface area (Å²) in [7, 11) is 3.17. The molecule has 1 saturated carbocycles. The Kier molecular flexibility index (Phi) is 8.25. The van der Waals surface area contributed by atoms with Gasteiger partial charge in [0.25, 0.3) is 0 Å². The Morgan fingerprint density at radius 1 is 1.08 bits per heavy atom. The summed E-state index contributed by atoms with van der Waals surface area (Å²) in [6.07, 6.45) is 2.45. The lowest BCUT2D eigenvalue weighted by molar-refractivity contribution is -0.192. The maximum Gasteiger partial charge on any atom is 0.490 e. The van der Waals surface area contributed by atoms with Crippen LogP contribution in [0.25, 0.3) is 0 Å². The van der Waals surface area contributed by atoms with E-state index in [9.17, 15) is 27.6 Å². The van der Waals surface area contributed by atoms with E-state index in [0.717, 1.165) is 30.8 Å². The molecule has 0 radical (unpaired) electrons. The van der Waals surface area contributed by atoms with E-state index in [1.807, 2.05) is 29.2 Å². The fraction of sp³-hybridized carbons (Fsp3) is 0.630. The Morgan fingerprint density at radius 2 is 1.69 bits per heavy atom. The number of halogens is 3. The molecule has 3 amide bonds. The molecule has 0 unspecified atom stereocenters. The molecule has 1 spiro atoms. The molecule has 4 aliphatic rings. The number of ether oxygens (including phenoxy) is 1. The minimum atomic E-state index is -5.08. The monoisotopic (exact) mass is 553 g/mol. The van der Waals surface area contributed by atoms with Crippen LogP contribution in [0.4, 0.5) is 13.2 Å². The van der Waals surface area contributed by atoms with Gasteiger partial charge >= 0.3 is 12.1 Å². The zero-order chi connectivity index (χ0) is 28.5. The number of hydrogen-bond acceptors (Lipinski definition) is 6. The number of methoxy groups -OCH3 is 1. The third-order valence-electron chi connectivity index (χ3n) is 8.46. The maximum atomic E-state index is 14.0. The lowest BCUT2D eigenvalue weighted by Gasteiger charge is -2.43. The van der Waals surface area contributed by atoms with Gasteiger partial charge in [0.05, 0.1) is 18.9 Å². The van der Waals surface area contributed by atoms with Gasteiger partial charge in [0.1, 0.15) is 11.3 Å². The number of fused-ring (bicyclic) bond motifs is 2. The molecule has 4 fully saturated rings. The van der Waals surface area contributed by atoms with Crippen molar-refractivity contribution in [3.8, 4) is 5.75 Å². The minimum absolute atomic E-state index is 0.0109. The number of nitrogens with one attached hydrogen (secondary N) is 1. The van der Waals surface area contributed by atoms with E-state index in [0.29, 0.717) is 12.3 Å². The van der Waals surface area contributed by atoms with E-state index in [4.69, 9.17) is 14.6 Å². The highest BCUT2D eigenvalue weighted by Crippen LogP contribution is 2.51. The van der Waals surface area contributed by atoms with Crippen LogP contribution in [0.3, 0.4) is 0 Å². The molecular formula is C27H34F3N3O6. The number of piperidine rings is 1. The van der Waals surface area contributed by atoms with Gasteiger partial charge in [-0.25, -0.2) is 4.79 Å². The number of carbonyl (C=O) groups excluding carboxylic acids is 3. The molecule has 0 aromatic heterocycles. The van der Waals surface area contributed by atoms with Gasteiger partial charge < -0.3 is 14.7 Å². The highest BCUT2D eigenvalue weighted by molar-refractivity contribution is 6.10. The average molecular weight is 554 g/mol. The number of aliphatic carboxylic acids is 1. The van der Waals surface area contributed by atoms with E-state index in [1.54, 1.807) is 14.2 Å². The summed E-state index contributed by atoms with van der Waals surface area (Å²) < 4.78 is 37.0. The summed E-state index contributed by atoms with van der Waals surface area (Å²) in [5, 5.41) is 10.7. The number of carbonyl (C=O) groups is 4. The fourth-order valence-electron chi connectivity index (χ4n) is 6.57. The van der Waals surface area contributed by atoms with Gasteiger partial charge in [-0.3, -0.25) is 24.6 Å². The first-order valence-electron chi connectivity index (χ1n) is 13.2. The Bertz CT molecular complexity index is 1100. The number of nitrogens with zero attached hydrogens (tertiary/aromatic N) is 2. The quantitative estimate of drug-likeness (QED) is 0.551. The predicted octanol–water partition coefficient (Wildman–Crippen LogP) is 3.15. The van der Waals surface area contributed by atoms with Crippen LogP contribution in [-0.2, 0) is 19.2 Å². The van der Waals surface area contributed by atoms with Gasteiger partial charge in [0, 0.05) is 26.2 Å². The average Bonchev–Trinajstić information content (AvgIpc) is 3.36. The predicted molar refractivity (Wildman–Crippen MR) is 132 cm³/mol. The first kappa shape index (κ1) is 28.8. The lowest BCUT2D eigenvalue weighted by atomic mass is 9.74. The summed E-state index contributed by atoms with van der Waals surface area (Å²) in [6, 6.07) is 7.21. The van der Waals surface area contributed by atoms with Gasteiger partial charge in [-0.2, -0.15) is 13.2 Å². The number of imide groups is 1. The summed E-state index contributed by atoms with van der Waals surface area (Å²) >= 11 is 0. The van der Waals surface area contributed by atoms with Crippen LogP contribution in [0.1, 0.15) is 56.6 Å². The van der Waals surface area contributed by atoms with Gasteiger partial charge in [-0.05, 0) is 49.3 Å². The third kappa shape index (κ3) is 5.48. The molecule has 9 nitrogen and oxygen atoms in total. The normalized spacial score (nSPS) is 29.4. The molecule has 1 aliphatic carbocycles. The molecule has 39 heavy (non-hydrogen) atoms. The van der Waals surface area contributed by atoms with Crippen LogP contribution in [0, 0.1) is 17.8 Å². The van der Waals surface area contributed by atoms with E-state index < -0.39 is 29.5 Å². The van der Waals surface area contributed by atoms with Crippen molar-refractivity contribution < 1.29 is 42.2 Å². The number of likely N-dealkylation sites (tertiary alicyclic amines) is 2. The van der Waals surface area contributed by atoms with Crippen molar-refractivity contribution in [2.45, 2.75) is 62.7 Å². The molecule has 12 heteroatoms. The van der Waals surface area contributed by atoms with Gasteiger partial charge in [0.15, 0.2) is 0 Å². The zero-order valence-corrected chi connectivity index (χ0v) is 22.0. The van der Waals surface area contributed by atoms with Crippen molar-refractivity contribution in [3.63, 3.8) is 0 Å². The van der Waals surface area contributed by atoms with Crippen molar-refractivity contribution in [1.29, 1.82) is 0 Å². The first-order chi connectivity index (χ1) is 18.4. The second kappa shape index (κ2) is 11.1. The molecule has 5 rings (SSSR count). The summed E-state index contributed by atoms with van der Waals surface area (Å²) in [5.74, 6) is -3.09. The summed E-state index contributed by atoms with van der Waals surface area (Å²) in [5.41, 5.74) is -0.0917. The van der Waals surface area contributed by atoms with E-state index in [2.05, 4.69) is 5.32 Å². The number of carboxylic acids is 1. The van der Waals surface area contributed by atoms with Crippen LogP contribution >= 0.6 is 0 Å². The number of benzene rings is 1. The lowest BCUT2D eigenvalue weighted by Crippen LogP contribution is -2.63. The van der Waals surface area contributed by atoms with Gasteiger partial charge in [-0.15, -0.1) is 0 Å². The van der Waals surface area contributed by atoms with Crippen molar-refractivity contribution in [2.24, 2.45) is 17.8 Å². The molecule has 3 aliphatic heterocycles. The molecule has 3 heterocycles. The number of carboxylic acid groups (broad SMARTS) is 1. The Hall–Kier alpha value is -3.15. The molecule has 0 bridgehead atoms. The number of rotatable bonds is 4. The highest BCUT2D eigenvalue weighted by Gasteiger charge is 2.68. The Morgan fingerprint density at radius 3 is 2.26 bits per heavy atom. The second-order valence-corrected chi connectivity index (χ2v) is 10.8. The van der Waals surface area contributed by atoms with Crippen LogP contribution in [0.5, 0.6) is 5.75 Å². The number of amides is 3. The smallest absolute Gasteiger partial charge is 0.490 e. The molecule has 2 N–H and O–H groups in total. The van der Waals surface area contributed by atoms with Crippen LogP contribution < -0.4 is 10.1 Å². The Labute approximate surface area is 224 Å². The summed E-state index contributed by atoms with van der Waals surface area (Å²) in [4.78, 5) is 52.5. The van der Waals surface area contributed by atoms with Crippen molar-refractivity contribution in [3.05, 3.63) is 29.8 Å². The van der Waals surface area contributed by atoms with E-state index >= 15 is 0 Å². The number of alkyl halides is 3. The minimum Gasteiger partial charge on any atom is -0.497 e. The molecule has 1 aromatic rings. The van der Waals surface area contributed by atoms with Gasteiger partial charge in [-0.1, -0.05) is 31.4 Å². The van der Waals surface area contributed by atoms with Crippen LogP contribution in [-0.4, -0.2) is 77.6 Å². The number of hydrogen-bond donors (Lipinski definition) is 2. The molecule has 1 aromatic carbocycles. The SMILES string of the molecule is COc1ccc([C@H]2N[C@]3(CCCN(CC4CCCCC4)C3=O)[C@H]3C(=O)N(C)C(=O)[C@@H]23)cc1.O=C(O)C(F)(F)F. The Balaban J connectivity index is 0.000000448. The van der Waals surface area contributed by atoms with Crippen LogP contribution in [0.2, 0.25) is 0 Å². The molecule has 214 valence electrons.